The highest BCUT2D eigenvalue weighted by molar-refractivity contribution is 7.07. The predicted molar refractivity (Wildman–Crippen MR) is 101 cm³/mol. The molecule has 2 aliphatic rings. The van der Waals surface area contributed by atoms with Gasteiger partial charge in [-0.05, 0) is 36.7 Å². The number of aromatic nitrogens is 1. The Kier molecular flexibility index (Phi) is 5.02. The van der Waals surface area contributed by atoms with Crippen molar-refractivity contribution >= 4 is 23.2 Å². The van der Waals surface area contributed by atoms with Crippen LogP contribution in [0.1, 0.15) is 41.2 Å². The number of nitrogens with one attached hydrogen (secondary N) is 1. The minimum Gasteiger partial charge on any atom is -0.350 e. The number of benzene rings is 1. The summed E-state index contributed by atoms with van der Waals surface area (Å²) in [4.78, 5) is 30.7. The Balaban J connectivity index is 1.21. The molecule has 2 heterocycles. The normalized spacial score (nSPS) is 22.8. The summed E-state index contributed by atoms with van der Waals surface area (Å²) < 4.78 is 0. The maximum atomic E-state index is 12.7. The van der Waals surface area contributed by atoms with Crippen LogP contribution >= 0.6 is 11.3 Å². The topological polar surface area (TPSA) is 62.3 Å². The average Bonchev–Trinajstić information content (AvgIpc) is 3.30. The third-order valence-electron chi connectivity index (χ3n) is 5.48. The second-order valence-electron chi connectivity index (χ2n) is 7.21. The molecule has 1 aromatic carbocycles. The van der Waals surface area contributed by atoms with E-state index in [9.17, 15) is 9.59 Å². The number of hydrogen-bond acceptors (Lipinski definition) is 4. The molecule has 1 aliphatic carbocycles. The zero-order valence-electron chi connectivity index (χ0n) is 14.6. The van der Waals surface area contributed by atoms with Gasteiger partial charge in [0.1, 0.15) is 5.69 Å². The minimum atomic E-state index is -0.103. The summed E-state index contributed by atoms with van der Waals surface area (Å²) in [6.07, 6.45) is 2.88. The van der Waals surface area contributed by atoms with Crippen molar-refractivity contribution in [3.8, 4) is 0 Å². The van der Waals surface area contributed by atoms with Gasteiger partial charge in [-0.15, -0.1) is 11.3 Å². The first kappa shape index (κ1) is 17.2. The molecule has 1 saturated carbocycles. The molecule has 1 aromatic heterocycles. The average molecular weight is 369 g/mol. The van der Waals surface area contributed by atoms with Crippen LogP contribution in [0.3, 0.4) is 0 Å². The van der Waals surface area contributed by atoms with E-state index in [0.29, 0.717) is 30.0 Å². The van der Waals surface area contributed by atoms with Crippen molar-refractivity contribution in [1.29, 1.82) is 0 Å². The highest BCUT2D eigenvalue weighted by Crippen LogP contribution is 2.48. The Bertz CT molecular complexity index is 755. The van der Waals surface area contributed by atoms with Crippen molar-refractivity contribution < 1.29 is 9.59 Å². The molecule has 5 nitrogen and oxygen atoms in total. The van der Waals surface area contributed by atoms with Gasteiger partial charge in [0.2, 0.25) is 5.91 Å². The van der Waals surface area contributed by atoms with Crippen molar-refractivity contribution in [2.24, 2.45) is 11.8 Å². The maximum Gasteiger partial charge on any atom is 0.270 e. The summed E-state index contributed by atoms with van der Waals surface area (Å²) in [5.41, 5.74) is 3.44. The molecule has 2 aromatic rings. The first-order chi connectivity index (χ1) is 12.7. The summed E-state index contributed by atoms with van der Waals surface area (Å²) in [5, 5.41) is 4.72. The smallest absolute Gasteiger partial charge is 0.270 e. The summed E-state index contributed by atoms with van der Waals surface area (Å²) >= 11 is 1.42. The van der Waals surface area contributed by atoms with Gasteiger partial charge in [0.25, 0.3) is 5.91 Å². The van der Waals surface area contributed by atoms with Crippen molar-refractivity contribution in [2.75, 3.05) is 19.6 Å². The Hall–Kier alpha value is -2.21. The van der Waals surface area contributed by atoms with E-state index in [1.54, 1.807) is 10.9 Å². The van der Waals surface area contributed by atoms with Crippen molar-refractivity contribution in [3.63, 3.8) is 0 Å². The molecule has 136 valence electrons. The molecule has 1 N–H and O–H groups in total. The molecule has 6 heteroatoms. The van der Waals surface area contributed by atoms with Crippen LogP contribution in [-0.4, -0.2) is 41.3 Å². The van der Waals surface area contributed by atoms with E-state index < -0.39 is 0 Å². The molecule has 2 fully saturated rings. The van der Waals surface area contributed by atoms with Gasteiger partial charge in [-0.2, -0.15) is 0 Å². The number of hydrogen-bond donors (Lipinski definition) is 1. The number of rotatable bonds is 5. The Labute approximate surface area is 157 Å². The number of likely N-dealkylation sites (tertiary alicyclic amines) is 1. The minimum absolute atomic E-state index is 0.103. The summed E-state index contributed by atoms with van der Waals surface area (Å²) in [5.74, 6) is 1.21. The molecular weight excluding hydrogens is 346 g/mol. The van der Waals surface area contributed by atoms with Gasteiger partial charge in [-0.1, -0.05) is 30.3 Å². The lowest BCUT2D eigenvalue weighted by molar-refractivity contribution is -0.134. The fourth-order valence-electron chi connectivity index (χ4n) is 3.78. The SMILES string of the molecule is O=C(NCC1CCN(C(=O)C2C[C@@H]2c2ccccc2)CC1)c1cscn1. The molecule has 0 spiro atoms. The zero-order valence-corrected chi connectivity index (χ0v) is 15.5. The van der Waals surface area contributed by atoms with Gasteiger partial charge >= 0.3 is 0 Å². The highest BCUT2D eigenvalue weighted by Gasteiger charge is 2.46. The van der Waals surface area contributed by atoms with Gasteiger partial charge in [0.15, 0.2) is 0 Å². The quantitative estimate of drug-likeness (QED) is 0.881. The fourth-order valence-corrected chi connectivity index (χ4v) is 4.31. The molecule has 1 unspecified atom stereocenters. The number of carbonyl (C=O) groups excluding carboxylic acids is 2. The highest BCUT2D eigenvalue weighted by atomic mass is 32.1. The van der Waals surface area contributed by atoms with E-state index in [1.165, 1.54) is 16.9 Å². The number of nitrogens with zero attached hydrogens (tertiary/aromatic N) is 2. The molecular formula is C20H23N3O2S. The van der Waals surface area contributed by atoms with Gasteiger partial charge < -0.3 is 10.2 Å². The third kappa shape index (κ3) is 3.80. The molecule has 4 rings (SSSR count). The van der Waals surface area contributed by atoms with E-state index in [-0.39, 0.29) is 11.8 Å². The number of carbonyl (C=O) groups is 2. The van der Waals surface area contributed by atoms with Crippen LogP contribution in [0.2, 0.25) is 0 Å². The number of amides is 2. The van der Waals surface area contributed by atoms with Crippen LogP contribution in [0.15, 0.2) is 41.2 Å². The Morgan fingerprint density at radius 2 is 1.96 bits per heavy atom. The van der Waals surface area contributed by atoms with Crippen molar-refractivity contribution in [1.82, 2.24) is 15.2 Å². The van der Waals surface area contributed by atoms with E-state index in [1.807, 2.05) is 23.1 Å². The van der Waals surface area contributed by atoms with Crippen molar-refractivity contribution in [2.45, 2.75) is 25.2 Å². The molecule has 0 radical (unpaired) electrons. The van der Waals surface area contributed by atoms with Crippen LogP contribution in [0, 0.1) is 11.8 Å². The molecule has 1 aliphatic heterocycles. The largest absolute Gasteiger partial charge is 0.350 e. The lowest BCUT2D eigenvalue weighted by Crippen LogP contribution is -2.42. The first-order valence-electron chi connectivity index (χ1n) is 9.22. The van der Waals surface area contributed by atoms with E-state index in [0.717, 1.165) is 32.4 Å². The van der Waals surface area contributed by atoms with Crippen LogP contribution in [-0.2, 0) is 4.79 Å². The third-order valence-corrected chi connectivity index (χ3v) is 6.06. The Morgan fingerprint density at radius 3 is 2.65 bits per heavy atom. The van der Waals surface area contributed by atoms with Crippen LogP contribution in [0.25, 0.3) is 0 Å². The van der Waals surface area contributed by atoms with Gasteiger partial charge in [-0.25, -0.2) is 4.98 Å². The summed E-state index contributed by atoms with van der Waals surface area (Å²) in [6.45, 7) is 2.26. The summed E-state index contributed by atoms with van der Waals surface area (Å²) in [7, 11) is 0. The molecule has 26 heavy (non-hydrogen) atoms. The number of piperidine rings is 1. The predicted octanol–water partition coefficient (Wildman–Crippen LogP) is 2.92. The van der Waals surface area contributed by atoms with Gasteiger partial charge in [-0.3, -0.25) is 9.59 Å². The summed E-state index contributed by atoms with van der Waals surface area (Å²) in [6, 6.07) is 10.3. The van der Waals surface area contributed by atoms with E-state index in [2.05, 4.69) is 22.4 Å². The number of thiazole rings is 1. The monoisotopic (exact) mass is 369 g/mol. The second-order valence-corrected chi connectivity index (χ2v) is 7.93. The molecule has 2 atom stereocenters. The Morgan fingerprint density at radius 1 is 1.19 bits per heavy atom. The first-order valence-corrected chi connectivity index (χ1v) is 10.2. The van der Waals surface area contributed by atoms with E-state index in [4.69, 9.17) is 0 Å². The lowest BCUT2D eigenvalue weighted by atomic mass is 9.96. The lowest BCUT2D eigenvalue weighted by Gasteiger charge is -2.32. The fraction of sp³-hybridized carbons (Fsp3) is 0.450. The van der Waals surface area contributed by atoms with E-state index >= 15 is 0 Å². The van der Waals surface area contributed by atoms with Gasteiger partial charge in [0, 0.05) is 30.9 Å². The molecule has 0 bridgehead atoms. The second kappa shape index (κ2) is 7.58. The molecule has 2 amide bonds. The zero-order chi connectivity index (χ0) is 17.9. The van der Waals surface area contributed by atoms with Crippen LogP contribution in [0.4, 0.5) is 0 Å². The van der Waals surface area contributed by atoms with Crippen LogP contribution < -0.4 is 5.32 Å². The maximum absolute atomic E-state index is 12.7. The van der Waals surface area contributed by atoms with Crippen LogP contribution in [0.5, 0.6) is 0 Å². The van der Waals surface area contributed by atoms with Crippen molar-refractivity contribution in [3.05, 3.63) is 52.5 Å². The molecule has 1 saturated heterocycles. The van der Waals surface area contributed by atoms with Gasteiger partial charge in [0.05, 0.1) is 5.51 Å². The standard InChI is InChI=1S/C20H23N3O2S/c24-19(18-12-26-13-22-18)21-11-14-6-8-23(9-7-14)20(25)17-10-16(17)15-4-2-1-3-5-15/h1-5,12-14,16-17H,6-11H2,(H,21,24)/t16-,17?/m1/s1.